The molecule has 0 saturated carbocycles. The number of rotatable bonds is 8. The molecule has 0 saturated heterocycles. The first-order valence-corrected chi connectivity index (χ1v) is 7.09. The van der Waals surface area contributed by atoms with E-state index in [1.165, 1.54) is 30.4 Å². The first-order valence-electron chi connectivity index (χ1n) is 7.09. The van der Waals surface area contributed by atoms with Crippen molar-refractivity contribution in [1.82, 2.24) is 5.32 Å². The van der Waals surface area contributed by atoms with Crippen molar-refractivity contribution in [3.05, 3.63) is 29.3 Å². The highest BCUT2D eigenvalue weighted by molar-refractivity contribution is 5.39. The highest BCUT2D eigenvalue weighted by Gasteiger charge is 2.09. The van der Waals surface area contributed by atoms with Crippen molar-refractivity contribution in [2.24, 2.45) is 0 Å². The molecule has 0 aliphatic heterocycles. The van der Waals surface area contributed by atoms with E-state index in [0.29, 0.717) is 6.04 Å². The van der Waals surface area contributed by atoms with Crippen LogP contribution in [0, 0.1) is 6.92 Å². The zero-order valence-electron chi connectivity index (χ0n) is 12.3. The van der Waals surface area contributed by atoms with E-state index in [-0.39, 0.29) is 0 Å². The van der Waals surface area contributed by atoms with Gasteiger partial charge in [-0.1, -0.05) is 38.3 Å². The summed E-state index contributed by atoms with van der Waals surface area (Å²) in [6.45, 7) is 7.33. The lowest BCUT2D eigenvalue weighted by atomic mass is 10.1. The van der Waals surface area contributed by atoms with Gasteiger partial charge in [-0.3, -0.25) is 0 Å². The number of aryl methyl sites for hydroxylation is 1. The van der Waals surface area contributed by atoms with Gasteiger partial charge in [0.05, 0.1) is 6.61 Å². The molecule has 0 heterocycles. The van der Waals surface area contributed by atoms with Crippen molar-refractivity contribution in [3.63, 3.8) is 0 Å². The molecule has 1 rings (SSSR count). The predicted molar refractivity (Wildman–Crippen MR) is 78.3 cm³/mol. The van der Waals surface area contributed by atoms with Gasteiger partial charge in [-0.2, -0.15) is 0 Å². The lowest BCUT2D eigenvalue weighted by Gasteiger charge is -2.17. The summed E-state index contributed by atoms with van der Waals surface area (Å²) in [7, 11) is 1.98. The van der Waals surface area contributed by atoms with Crippen molar-refractivity contribution in [2.45, 2.75) is 52.5 Å². The quantitative estimate of drug-likeness (QED) is 0.696. The minimum absolute atomic E-state index is 0.330. The summed E-state index contributed by atoms with van der Waals surface area (Å²) in [5.41, 5.74) is 2.50. The molecule has 18 heavy (non-hydrogen) atoms. The maximum Gasteiger partial charge on any atom is 0.124 e. The fourth-order valence-corrected chi connectivity index (χ4v) is 1.99. The van der Waals surface area contributed by atoms with Gasteiger partial charge in [0.1, 0.15) is 5.75 Å². The molecular weight excluding hydrogens is 222 g/mol. The number of hydrogen-bond acceptors (Lipinski definition) is 2. The fourth-order valence-electron chi connectivity index (χ4n) is 1.99. The van der Waals surface area contributed by atoms with Gasteiger partial charge >= 0.3 is 0 Å². The monoisotopic (exact) mass is 249 g/mol. The third-order valence-corrected chi connectivity index (χ3v) is 3.32. The molecule has 0 radical (unpaired) electrons. The molecule has 0 aromatic heterocycles. The van der Waals surface area contributed by atoms with Crippen molar-refractivity contribution >= 4 is 0 Å². The summed E-state index contributed by atoms with van der Waals surface area (Å²) in [6.07, 6.45) is 4.98. The van der Waals surface area contributed by atoms with Gasteiger partial charge in [-0.15, -0.1) is 0 Å². The van der Waals surface area contributed by atoms with Crippen LogP contribution in [-0.4, -0.2) is 13.7 Å². The Bertz CT molecular complexity index is 349. The molecule has 0 aliphatic rings. The molecule has 102 valence electrons. The lowest BCUT2D eigenvalue weighted by molar-refractivity contribution is 0.299. The highest BCUT2D eigenvalue weighted by Crippen LogP contribution is 2.26. The van der Waals surface area contributed by atoms with Crippen LogP contribution < -0.4 is 10.1 Å². The Morgan fingerprint density at radius 2 is 2.00 bits per heavy atom. The van der Waals surface area contributed by atoms with Gasteiger partial charge in [0.25, 0.3) is 0 Å². The molecular formula is C16H27NO. The Morgan fingerprint density at radius 1 is 1.22 bits per heavy atom. The average molecular weight is 249 g/mol. The van der Waals surface area contributed by atoms with E-state index in [1.54, 1.807) is 0 Å². The summed E-state index contributed by atoms with van der Waals surface area (Å²) >= 11 is 0. The van der Waals surface area contributed by atoms with E-state index in [4.69, 9.17) is 4.74 Å². The minimum atomic E-state index is 0.330. The molecule has 0 fully saturated rings. The van der Waals surface area contributed by atoms with Crippen molar-refractivity contribution < 1.29 is 4.74 Å². The van der Waals surface area contributed by atoms with Gasteiger partial charge in [0, 0.05) is 11.6 Å². The molecule has 0 aliphatic carbocycles. The molecule has 1 aromatic carbocycles. The Kier molecular flexibility index (Phi) is 6.81. The van der Waals surface area contributed by atoms with E-state index in [9.17, 15) is 0 Å². The second kappa shape index (κ2) is 8.15. The molecule has 1 atom stereocenters. The molecule has 1 aromatic rings. The Morgan fingerprint density at radius 3 is 2.67 bits per heavy atom. The van der Waals surface area contributed by atoms with Crippen LogP contribution in [0.15, 0.2) is 18.2 Å². The molecule has 2 nitrogen and oxygen atoms in total. The standard InChI is InChI=1S/C16H27NO/c1-5-6-7-8-11-18-16-12-13(2)9-10-15(16)14(3)17-4/h9-10,12,14,17H,5-8,11H2,1-4H3. The van der Waals surface area contributed by atoms with Crippen LogP contribution in [0.2, 0.25) is 0 Å². The minimum Gasteiger partial charge on any atom is -0.493 e. The smallest absolute Gasteiger partial charge is 0.124 e. The Labute approximate surface area is 112 Å². The van der Waals surface area contributed by atoms with Crippen LogP contribution in [0.3, 0.4) is 0 Å². The van der Waals surface area contributed by atoms with Crippen LogP contribution in [0.25, 0.3) is 0 Å². The first-order chi connectivity index (χ1) is 8.69. The summed E-state index contributed by atoms with van der Waals surface area (Å²) in [5.74, 6) is 1.04. The van der Waals surface area contributed by atoms with E-state index < -0.39 is 0 Å². The summed E-state index contributed by atoms with van der Waals surface area (Å²) < 4.78 is 5.95. The lowest BCUT2D eigenvalue weighted by Crippen LogP contribution is -2.14. The zero-order chi connectivity index (χ0) is 13.4. The van der Waals surface area contributed by atoms with Crippen molar-refractivity contribution in [3.8, 4) is 5.75 Å². The second-order valence-electron chi connectivity index (χ2n) is 4.96. The third-order valence-electron chi connectivity index (χ3n) is 3.32. The van der Waals surface area contributed by atoms with Crippen molar-refractivity contribution in [2.75, 3.05) is 13.7 Å². The zero-order valence-corrected chi connectivity index (χ0v) is 12.3. The number of ether oxygens (including phenoxy) is 1. The van der Waals surface area contributed by atoms with Crippen LogP contribution in [0.4, 0.5) is 0 Å². The summed E-state index contributed by atoms with van der Waals surface area (Å²) in [6, 6.07) is 6.78. The van der Waals surface area contributed by atoms with E-state index in [2.05, 4.69) is 44.3 Å². The number of benzene rings is 1. The largest absolute Gasteiger partial charge is 0.493 e. The maximum absolute atomic E-state index is 5.95. The van der Waals surface area contributed by atoms with Gasteiger partial charge in [0.15, 0.2) is 0 Å². The number of unbranched alkanes of at least 4 members (excludes halogenated alkanes) is 3. The average Bonchev–Trinajstić information content (AvgIpc) is 2.38. The SMILES string of the molecule is CCCCCCOc1cc(C)ccc1C(C)NC. The summed E-state index contributed by atoms with van der Waals surface area (Å²) in [5, 5.41) is 3.27. The van der Waals surface area contributed by atoms with E-state index in [0.717, 1.165) is 18.8 Å². The van der Waals surface area contributed by atoms with Gasteiger partial charge in [-0.05, 0) is 38.9 Å². The van der Waals surface area contributed by atoms with Gasteiger partial charge < -0.3 is 10.1 Å². The Hall–Kier alpha value is -1.02. The highest BCUT2D eigenvalue weighted by atomic mass is 16.5. The predicted octanol–water partition coefficient (Wildman–Crippen LogP) is 4.23. The van der Waals surface area contributed by atoms with E-state index >= 15 is 0 Å². The van der Waals surface area contributed by atoms with Gasteiger partial charge in [0.2, 0.25) is 0 Å². The molecule has 0 bridgehead atoms. The topological polar surface area (TPSA) is 21.3 Å². The van der Waals surface area contributed by atoms with Crippen LogP contribution >= 0.6 is 0 Å². The van der Waals surface area contributed by atoms with Crippen LogP contribution in [-0.2, 0) is 0 Å². The van der Waals surface area contributed by atoms with Crippen LogP contribution in [0.1, 0.15) is 56.7 Å². The fraction of sp³-hybridized carbons (Fsp3) is 0.625. The van der Waals surface area contributed by atoms with Crippen molar-refractivity contribution in [1.29, 1.82) is 0 Å². The second-order valence-corrected chi connectivity index (χ2v) is 4.96. The molecule has 1 unspecified atom stereocenters. The molecule has 1 N–H and O–H groups in total. The normalized spacial score (nSPS) is 12.4. The maximum atomic E-state index is 5.95. The molecule has 0 amide bonds. The third kappa shape index (κ3) is 4.69. The summed E-state index contributed by atoms with van der Waals surface area (Å²) in [4.78, 5) is 0. The Balaban J connectivity index is 2.59. The van der Waals surface area contributed by atoms with E-state index in [1.807, 2.05) is 7.05 Å². The first kappa shape index (κ1) is 15.0. The molecule has 0 spiro atoms. The number of hydrogen-bond donors (Lipinski definition) is 1. The van der Waals surface area contributed by atoms with Gasteiger partial charge in [-0.25, -0.2) is 0 Å². The van der Waals surface area contributed by atoms with Crippen LogP contribution in [0.5, 0.6) is 5.75 Å². The number of nitrogens with one attached hydrogen (secondary N) is 1. The molecule has 2 heteroatoms.